The van der Waals surface area contributed by atoms with Crippen molar-refractivity contribution in [2.75, 3.05) is 13.2 Å². The van der Waals surface area contributed by atoms with E-state index in [1.54, 1.807) is 0 Å². The van der Waals surface area contributed by atoms with Crippen molar-refractivity contribution in [3.05, 3.63) is 48.8 Å². The Bertz CT molecular complexity index is 1700. The molecule has 2 N–H and O–H groups in total. The molecule has 0 aromatic carbocycles. The van der Waals surface area contributed by atoms with E-state index in [1.165, 1.54) is 34.4 Å². The molecule has 0 saturated carbocycles. The Balaban J connectivity index is 1.07. The van der Waals surface area contributed by atoms with Gasteiger partial charge in [0.2, 0.25) is 7.23 Å². The summed E-state index contributed by atoms with van der Waals surface area (Å²) in [6.07, 6.45) is 0.0735. The highest BCUT2D eigenvalue weighted by Gasteiger charge is 2.49. The summed E-state index contributed by atoms with van der Waals surface area (Å²) >= 11 is 12.8. The Hall–Kier alpha value is -1.96. The van der Waals surface area contributed by atoms with Crippen molar-refractivity contribution >= 4 is 72.0 Å². The number of hydrogen-bond acceptors (Lipinski definition) is 14. The molecule has 2 aliphatic heterocycles. The van der Waals surface area contributed by atoms with E-state index >= 15 is 8.78 Å². The summed E-state index contributed by atoms with van der Waals surface area (Å²) < 4.78 is 67.0. The number of rotatable bonds is 14. The molecule has 2 saturated heterocycles. The van der Waals surface area contributed by atoms with Crippen LogP contribution in [0.3, 0.4) is 0 Å². The Kier molecular flexibility index (Phi) is 11.9. The largest absolute Gasteiger partial charge is 0.394 e. The molecule has 0 aliphatic carbocycles. The first-order chi connectivity index (χ1) is 23.2. The molecular weight excluding hydrogens is 732 g/mol. The number of aliphatic hydroxyl groups excluding tert-OH is 2. The third-order valence-electron chi connectivity index (χ3n) is 8.05. The number of aromatic nitrogens is 8. The van der Waals surface area contributed by atoms with Crippen molar-refractivity contribution in [1.82, 2.24) is 39.0 Å². The zero-order valence-electron chi connectivity index (χ0n) is 24.9. The van der Waals surface area contributed by atoms with Gasteiger partial charge in [0.25, 0.3) is 0 Å². The van der Waals surface area contributed by atoms with Crippen LogP contribution < -0.4 is 0 Å². The van der Waals surface area contributed by atoms with Crippen LogP contribution in [0.4, 0.5) is 8.78 Å². The third kappa shape index (κ3) is 7.39. The highest BCUT2D eigenvalue weighted by molar-refractivity contribution is 8.54. The lowest BCUT2D eigenvalue weighted by molar-refractivity contribution is -0.0427. The third-order valence-corrected chi connectivity index (χ3v) is 9.92. The first-order valence-corrected chi connectivity index (χ1v) is 21.2. The van der Waals surface area contributed by atoms with Gasteiger partial charge < -0.3 is 28.7 Å². The standard InChI is InChI=1S/C26H32F2N8O7P2S3/c27-17-21(42-44(39)46)15(7-37)40-25(17)35-11-33-19-13(29-9-31-23(19)35)5-3-1-2-4-6-14-20-24(32-10-30-14)36(12-34-20)26-18(28)22(43-45(47)48)16(8-38)41-26/h1-2,9-12,15-18,21-22,25-26,37-38,44-45H,3-8H2,(H,39,46)(H,47,48)/b2-1+/t15-,16?,17-,18-,21-,22-,25?,26?/m1/s1. The second-order valence-corrected chi connectivity index (χ2v) is 16.8. The summed E-state index contributed by atoms with van der Waals surface area (Å²) in [6.45, 7) is -0.968. The minimum absolute atomic E-state index is 0.351. The van der Waals surface area contributed by atoms with Gasteiger partial charge in [-0.3, -0.25) is 13.7 Å². The molecule has 6 heterocycles. The Morgan fingerprint density at radius 2 is 1.27 bits per heavy atom. The molecule has 260 valence electrons. The number of fused-ring (bicyclic) bond motifs is 2. The fraction of sp³-hybridized carbons (Fsp3) is 0.538. The molecule has 0 bridgehead atoms. The van der Waals surface area contributed by atoms with Crippen molar-refractivity contribution in [3.63, 3.8) is 0 Å². The predicted molar refractivity (Wildman–Crippen MR) is 181 cm³/mol. The van der Waals surface area contributed by atoms with Gasteiger partial charge in [-0.25, -0.2) is 38.7 Å². The number of aryl methyl sites for hydroxylation is 2. The summed E-state index contributed by atoms with van der Waals surface area (Å²) in [4.78, 5) is 26.1. The maximum Gasteiger partial charge on any atom is 0.243 e. The smallest absolute Gasteiger partial charge is 0.243 e. The number of hydrogen-bond donors (Lipinski definition) is 4. The molecule has 4 aromatic heterocycles. The molecule has 2 fully saturated rings. The minimum Gasteiger partial charge on any atom is -0.394 e. The number of imidazole rings is 2. The molecule has 22 heteroatoms. The fourth-order valence-corrected chi connectivity index (χ4v) is 7.95. The average Bonchev–Trinajstić information content (AvgIpc) is 3.83. The van der Waals surface area contributed by atoms with Gasteiger partial charge in [0.15, 0.2) is 36.1 Å². The van der Waals surface area contributed by atoms with Crippen LogP contribution >= 0.6 is 37.9 Å². The molecular formula is C26H32F2N8O7P2S3. The Morgan fingerprint density at radius 1 is 0.812 bits per heavy atom. The monoisotopic (exact) mass is 764 g/mol. The van der Waals surface area contributed by atoms with E-state index in [1.807, 2.05) is 12.2 Å². The van der Waals surface area contributed by atoms with Gasteiger partial charge in [-0.15, -0.1) is 12.2 Å². The van der Waals surface area contributed by atoms with Crippen LogP contribution in [-0.2, 0) is 47.7 Å². The lowest BCUT2D eigenvalue weighted by Crippen LogP contribution is -2.31. The van der Waals surface area contributed by atoms with E-state index in [-0.39, 0.29) is 0 Å². The molecule has 2 aliphatic rings. The van der Waals surface area contributed by atoms with Gasteiger partial charge in [0, 0.05) is 0 Å². The Labute approximate surface area is 289 Å². The Morgan fingerprint density at radius 3 is 1.69 bits per heavy atom. The first kappa shape index (κ1) is 35.9. The molecule has 10 atom stereocenters. The molecule has 0 spiro atoms. The number of thiol groups is 2. The normalized spacial score (nSPS) is 29.0. The van der Waals surface area contributed by atoms with Crippen LogP contribution in [0.25, 0.3) is 22.3 Å². The fourth-order valence-electron chi connectivity index (χ4n) is 5.86. The zero-order valence-corrected chi connectivity index (χ0v) is 29.5. The van der Waals surface area contributed by atoms with Crippen LogP contribution in [0.1, 0.15) is 36.7 Å². The van der Waals surface area contributed by atoms with Crippen molar-refractivity contribution in [2.24, 2.45) is 0 Å². The average molecular weight is 765 g/mol. The lowest BCUT2D eigenvalue weighted by Gasteiger charge is -2.17. The molecule has 4 aromatic rings. The molecule has 5 unspecified atom stereocenters. The van der Waals surface area contributed by atoms with Crippen molar-refractivity contribution < 1.29 is 42.1 Å². The number of nitrogens with zero attached hydrogens (tertiary/aromatic N) is 8. The van der Waals surface area contributed by atoms with E-state index in [9.17, 15) is 14.8 Å². The number of aliphatic hydroxyl groups is 2. The van der Waals surface area contributed by atoms with E-state index in [0.717, 1.165) is 0 Å². The van der Waals surface area contributed by atoms with Crippen LogP contribution in [0.5, 0.6) is 0 Å². The summed E-state index contributed by atoms with van der Waals surface area (Å²) in [5.74, 6) is 0. The van der Waals surface area contributed by atoms with E-state index in [2.05, 4.69) is 54.4 Å². The first-order valence-electron chi connectivity index (χ1n) is 14.8. The maximum atomic E-state index is 15.4. The van der Waals surface area contributed by atoms with E-state index in [0.29, 0.717) is 59.4 Å². The lowest BCUT2D eigenvalue weighted by atomic mass is 10.1. The van der Waals surface area contributed by atoms with Gasteiger partial charge in [0.05, 0.1) is 37.3 Å². The highest BCUT2D eigenvalue weighted by Crippen LogP contribution is 2.42. The molecule has 6 rings (SSSR count). The highest BCUT2D eigenvalue weighted by atomic mass is 32.9. The molecule has 0 radical (unpaired) electrons. The van der Waals surface area contributed by atoms with Crippen LogP contribution in [0.2, 0.25) is 0 Å². The SMILES string of the molecule is O=[PH](S)O[C@@H]1[C@@H](CO)OC(n2cnc3c(CC/C=C/CCc4ncnc5c4ncn5C4OC(CO)[C@@H](O[PH](=S)S)[C@H]4F)ncnc32)[C@@H]1F. The summed E-state index contributed by atoms with van der Waals surface area (Å²) in [5.41, 5.74) is 3.07. The van der Waals surface area contributed by atoms with E-state index < -0.39 is 75.8 Å². The second kappa shape index (κ2) is 15.9. The summed E-state index contributed by atoms with van der Waals surface area (Å²) in [7, 11) is -2.77. The van der Waals surface area contributed by atoms with Crippen molar-refractivity contribution in [2.45, 2.75) is 74.9 Å². The van der Waals surface area contributed by atoms with E-state index in [4.69, 9.17) is 30.3 Å². The number of allylic oxidation sites excluding steroid dienone is 2. The van der Waals surface area contributed by atoms with Crippen molar-refractivity contribution in [3.8, 4) is 0 Å². The van der Waals surface area contributed by atoms with Gasteiger partial charge in [-0.1, -0.05) is 36.2 Å². The topological polar surface area (TPSA) is 182 Å². The van der Waals surface area contributed by atoms with Gasteiger partial charge in [0.1, 0.15) is 54.2 Å². The zero-order chi connectivity index (χ0) is 33.9. The quantitative estimate of drug-likeness (QED) is 0.0836. The van der Waals surface area contributed by atoms with Gasteiger partial charge in [-0.2, -0.15) is 0 Å². The maximum absolute atomic E-state index is 15.4. The molecule has 48 heavy (non-hydrogen) atoms. The number of alkyl halides is 2. The van der Waals surface area contributed by atoms with Crippen LogP contribution in [-0.4, -0.2) is 99.2 Å². The van der Waals surface area contributed by atoms with Crippen LogP contribution in [0.15, 0.2) is 37.5 Å². The minimum atomic E-state index is -2.77. The van der Waals surface area contributed by atoms with Crippen molar-refractivity contribution in [1.29, 1.82) is 0 Å². The second-order valence-electron chi connectivity index (χ2n) is 10.9. The van der Waals surface area contributed by atoms with Gasteiger partial charge >= 0.3 is 0 Å². The number of halogens is 2. The van der Waals surface area contributed by atoms with Gasteiger partial charge in [-0.05, 0) is 25.7 Å². The summed E-state index contributed by atoms with van der Waals surface area (Å²) in [6, 6.07) is 0. The van der Waals surface area contributed by atoms with Crippen LogP contribution in [0, 0.1) is 0 Å². The summed E-state index contributed by atoms with van der Waals surface area (Å²) in [5, 5.41) is 19.3. The molecule has 0 amide bonds. The molecule has 15 nitrogen and oxygen atoms in total. The number of ether oxygens (including phenoxy) is 2. The predicted octanol–water partition coefficient (Wildman–Crippen LogP) is 3.07.